The summed E-state index contributed by atoms with van der Waals surface area (Å²) in [5.41, 5.74) is 5.88. The second kappa shape index (κ2) is 6.81. The molecule has 0 saturated heterocycles. The molecule has 0 saturated carbocycles. The average molecular weight is 302 g/mol. The third-order valence-electron chi connectivity index (χ3n) is 2.98. The fraction of sp³-hybridized carbons (Fsp3) is 0.462. The van der Waals surface area contributed by atoms with Crippen LogP contribution in [-0.2, 0) is 14.6 Å². The molecule has 1 rings (SSSR count). The molecule has 7 heteroatoms. The maximum atomic E-state index is 12.9. The Bertz CT molecular complexity index is 557. The second-order valence-electron chi connectivity index (χ2n) is 4.58. The Kier molecular flexibility index (Phi) is 5.64. The zero-order valence-electron chi connectivity index (χ0n) is 11.5. The van der Waals surface area contributed by atoms with Crippen molar-refractivity contribution in [3.8, 4) is 0 Å². The molecule has 0 fully saturated rings. The summed E-state index contributed by atoms with van der Waals surface area (Å²) in [6.07, 6.45) is 1.54. The smallest absolute Gasteiger partial charge is 0.245 e. The summed E-state index contributed by atoms with van der Waals surface area (Å²) in [6.45, 7) is 2.01. The lowest BCUT2D eigenvalue weighted by molar-refractivity contribution is -0.118. The van der Waals surface area contributed by atoms with Crippen molar-refractivity contribution >= 4 is 21.4 Å². The lowest BCUT2D eigenvalue weighted by Crippen LogP contribution is -2.42. The highest BCUT2D eigenvalue weighted by Crippen LogP contribution is 2.18. The molecule has 2 N–H and O–H groups in total. The van der Waals surface area contributed by atoms with Crippen LogP contribution in [0.25, 0.3) is 0 Å². The molecule has 1 atom stereocenters. The summed E-state index contributed by atoms with van der Waals surface area (Å²) in [5, 5.41) is -1.15. The van der Waals surface area contributed by atoms with Gasteiger partial charge in [0.05, 0.1) is 0 Å². The number of carbonyl (C=O) groups is 1. The maximum absolute atomic E-state index is 12.9. The average Bonchev–Trinajstić information content (AvgIpc) is 2.39. The number of hydrogen-bond acceptors (Lipinski definition) is 4. The van der Waals surface area contributed by atoms with Crippen molar-refractivity contribution in [1.29, 1.82) is 0 Å². The lowest BCUT2D eigenvalue weighted by atomic mass is 10.2. The molecule has 112 valence electrons. The molecule has 1 aromatic rings. The van der Waals surface area contributed by atoms with Crippen molar-refractivity contribution in [2.75, 3.05) is 24.2 Å². The molecule has 0 spiro atoms. The van der Waals surface area contributed by atoms with Gasteiger partial charge in [-0.2, -0.15) is 0 Å². The Labute approximate surface area is 118 Å². The minimum atomic E-state index is -3.48. The van der Waals surface area contributed by atoms with E-state index < -0.39 is 26.8 Å². The first-order valence-electron chi connectivity index (χ1n) is 6.23. The molecule has 1 aromatic carbocycles. The number of nitrogens with zero attached hydrogens (tertiary/aromatic N) is 1. The summed E-state index contributed by atoms with van der Waals surface area (Å²) < 4.78 is 35.9. The largest absolute Gasteiger partial charge is 0.330 e. The molecule has 0 aromatic heterocycles. The third-order valence-corrected chi connectivity index (χ3v) is 4.47. The first-order chi connectivity index (χ1) is 9.27. The number of amides is 1. The van der Waals surface area contributed by atoms with Gasteiger partial charge in [0.15, 0.2) is 9.84 Å². The van der Waals surface area contributed by atoms with E-state index in [1.165, 1.54) is 36.1 Å². The molecule has 0 heterocycles. The molecule has 5 nitrogen and oxygen atoms in total. The molecule has 1 unspecified atom stereocenters. The topological polar surface area (TPSA) is 80.5 Å². The number of rotatable bonds is 6. The lowest BCUT2D eigenvalue weighted by Gasteiger charge is -2.25. The van der Waals surface area contributed by atoms with Crippen LogP contribution in [0.5, 0.6) is 0 Å². The first-order valence-corrected chi connectivity index (χ1v) is 8.18. The van der Waals surface area contributed by atoms with Crippen LogP contribution in [0, 0.1) is 5.82 Å². The number of anilines is 1. The maximum Gasteiger partial charge on any atom is 0.245 e. The summed E-state index contributed by atoms with van der Waals surface area (Å²) >= 11 is 0. The standard InChI is InChI=1S/C13H19FN2O3S/c1-10(20(2,18)19)13(17)16(9-3-8-15)12-6-4-11(14)5-7-12/h4-7,10H,3,8-9,15H2,1-2H3. The predicted molar refractivity (Wildman–Crippen MR) is 76.7 cm³/mol. The van der Waals surface area contributed by atoms with Crippen LogP contribution in [-0.4, -0.2) is 38.9 Å². The van der Waals surface area contributed by atoms with E-state index in [2.05, 4.69) is 0 Å². The van der Waals surface area contributed by atoms with E-state index in [0.717, 1.165) is 6.26 Å². The van der Waals surface area contributed by atoms with E-state index in [9.17, 15) is 17.6 Å². The van der Waals surface area contributed by atoms with E-state index in [1.807, 2.05) is 0 Å². The van der Waals surface area contributed by atoms with Crippen LogP contribution in [0.2, 0.25) is 0 Å². The Morgan fingerprint density at radius 1 is 1.35 bits per heavy atom. The Morgan fingerprint density at radius 3 is 2.35 bits per heavy atom. The molecule has 0 aliphatic rings. The van der Waals surface area contributed by atoms with Crippen LogP contribution >= 0.6 is 0 Å². The van der Waals surface area contributed by atoms with Gasteiger partial charge in [-0.1, -0.05) is 0 Å². The first kappa shape index (κ1) is 16.6. The summed E-state index contributed by atoms with van der Waals surface area (Å²) in [4.78, 5) is 13.6. The Hall–Kier alpha value is -1.47. The molecule has 20 heavy (non-hydrogen) atoms. The SMILES string of the molecule is CC(C(=O)N(CCCN)c1ccc(F)cc1)S(C)(=O)=O. The van der Waals surface area contributed by atoms with Gasteiger partial charge in [-0.3, -0.25) is 4.79 Å². The minimum Gasteiger partial charge on any atom is -0.330 e. The van der Waals surface area contributed by atoms with Gasteiger partial charge in [0.2, 0.25) is 5.91 Å². The highest BCUT2D eigenvalue weighted by Gasteiger charge is 2.28. The molecule has 0 radical (unpaired) electrons. The molecular formula is C13H19FN2O3S. The Balaban J connectivity index is 3.06. The summed E-state index contributed by atoms with van der Waals surface area (Å²) in [7, 11) is -3.48. The van der Waals surface area contributed by atoms with Crippen LogP contribution < -0.4 is 10.6 Å². The molecule has 0 aliphatic heterocycles. The van der Waals surface area contributed by atoms with E-state index in [4.69, 9.17) is 5.73 Å². The van der Waals surface area contributed by atoms with Crippen molar-refractivity contribution in [2.24, 2.45) is 5.73 Å². The van der Waals surface area contributed by atoms with Crippen molar-refractivity contribution < 1.29 is 17.6 Å². The molecule has 1 amide bonds. The van der Waals surface area contributed by atoms with E-state index in [1.54, 1.807) is 0 Å². The predicted octanol–water partition coefficient (Wildman–Crippen LogP) is 0.941. The van der Waals surface area contributed by atoms with Crippen molar-refractivity contribution in [1.82, 2.24) is 0 Å². The van der Waals surface area contributed by atoms with Gasteiger partial charge in [-0.25, -0.2) is 12.8 Å². The van der Waals surface area contributed by atoms with Crippen molar-refractivity contribution in [3.63, 3.8) is 0 Å². The van der Waals surface area contributed by atoms with Gasteiger partial charge in [-0.15, -0.1) is 0 Å². The highest BCUT2D eigenvalue weighted by molar-refractivity contribution is 7.92. The van der Waals surface area contributed by atoms with Gasteiger partial charge >= 0.3 is 0 Å². The zero-order valence-corrected chi connectivity index (χ0v) is 12.4. The van der Waals surface area contributed by atoms with Gasteiger partial charge in [-0.05, 0) is 44.2 Å². The highest BCUT2D eigenvalue weighted by atomic mass is 32.2. The van der Waals surface area contributed by atoms with Gasteiger partial charge in [0, 0.05) is 18.5 Å². The minimum absolute atomic E-state index is 0.292. The van der Waals surface area contributed by atoms with E-state index >= 15 is 0 Å². The summed E-state index contributed by atoms with van der Waals surface area (Å²) in [5.74, 6) is -0.955. The molecular weight excluding hydrogens is 283 g/mol. The van der Waals surface area contributed by atoms with Gasteiger partial charge in [0.1, 0.15) is 11.1 Å². The number of nitrogens with two attached hydrogens (primary N) is 1. The fourth-order valence-electron chi connectivity index (χ4n) is 1.64. The normalized spacial score (nSPS) is 13.0. The van der Waals surface area contributed by atoms with E-state index in [0.29, 0.717) is 25.2 Å². The number of halogens is 1. The zero-order chi connectivity index (χ0) is 15.3. The molecule has 0 bridgehead atoms. The quantitative estimate of drug-likeness (QED) is 0.848. The Morgan fingerprint density at radius 2 is 1.90 bits per heavy atom. The van der Waals surface area contributed by atoms with E-state index in [-0.39, 0.29) is 0 Å². The monoisotopic (exact) mass is 302 g/mol. The van der Waals surface area contributed by atoms with Gasteiger partial charge in [0.25, 0.3) is 0 Å². The second-order valence-corrected chi connectivity index (χ2v) is 6.95. The number of carbonyl (C=O) groups excluding carboxylic acids is 1. The number of benzene rings is 1. The van der Waals surface area contributed by atoms with Gasteiger partial charge < -0.3 is 10.6 Å². The van der Waals surface area contributed by atoms with Crippen LogP contribution in [0.15, 0.2) is 24.3 Å². The fourth-order valence-corrected chi connectivity index (χ4v) is 2.13. The van der Waals surface area contributed by atoms with Crippen LogP contribution in [0.4, 0.5) is 10.1 Å². The summed E-state index contributed by atoms with van der Waals surface area (Å²) in [6, 6.07) is 5.34. The van der Waals surface area contributed by atoms with Crippen molar-refractivity contribution in [3.05, 3.63) is 30.1 Å². The van der Waals surface area contributed by atoms with Crippen LogP contribution in [0.1, 0.15) is 13.3 Å². The van der Waals surface area contributed by atoms with Crippen molar-refractivity contribution in [2.45, 2.75) is 18.6 Å². The molecule has 0 aliphatic carbocycles. The number of hydrogen-bond donors (Lipinski definition) is 1. The number of sulfone groups is 1. The van der Waals surface area contributed by atoms with Crippen LogP contribution in [0.3, 0.4) is 0 Å². The third kappa shape index (κ3) is 4.28.